The molecule has 6 heteroatoms. The summed E-state index contributed by atoms with van der Waals surface area (Å²) in [6, 6.07) is 19.7. The third kappa shape index (κ3) is 3.72. The first-order valence-electron chi connectivity index (χ1n) is 10.4. The molecule has 0 spiro atoms. The van der Waals surface area contributed by atoms with Crippen LogP contribution >= 0.6 is 0 Å². The van der Waals surface area contributed by atoms with Crippen LogP contribution in [0, 0.1) is 6.92 Å². The fourth-order valence-electron chi connectivity index (χ4n) is 4.61. The van der Waals surface area contributed by atoms with Gasteiger partial charge in [-0.15, -0.1) is 0 Å². The fourth-order valence-corrected chi connectivity index (χ4v) is 5.80. The van der Waals surface area contributed by atoms with Crippen molar-refractivity contribution in [1.29, 1.82) is 0 Å². The molecular formula is C25H23NO4S. The maximum Gasteiger partial charge on any atom is 0.233 e. The van der Waals surface area contributed by atoms with Crippen molar-refractivity contribution in [3.05, 3.63) is 88.5 Å². The molecule has 0 bridgehead atoms. The summed E-state index contributed by atoms with van der Waals surface area (Å²) in [5.41, 5.74) is 5.12. The molecule has 3 aromatic rings. The first kappa shape index (κ1) is 19.8. The number of hydrogen-bond donors (Lipinski definition) is 2. The average molecular weight is 434 g/mol. The highest BCUT2D eigenvalue weighted by atomic mass is 32.2. The maximum atomic E-state index is 12.1. The van der Waals surface area contributed by atoms with E-state index in [4.69, 9.17) is 4.74 Å². The lowest BCUT2D eigenvalue weighted by molar-refractivity contribution is -0.118. The molecule has 2 N–H and O–H groups in total. The summed E-state index contributed by atoms with van der Waals surface area (Å²) in [6.07, 6.45) is 1.96. The van der Waals surface area contributed by atoms with Gasteiger partial charge in [-0.05, 0) is 66.3 Å². The van der Waals surface area contributed by atoms with Gasteiger partial charge in [-0.3, -0.25) is 9.52 Å². The van der Waals surface area contributed by atoms with Gasteiger partial charge in [-0.25, -0.2) is 4.21 Å². The first-order valence-corrected chi connectivity index (χ1v) is 11.6. The number of benzene rings is 3. The summed E-state index contributed by atoms with van der Waals surface area (Å²) >= 11 is 0. The third-order valence-corrected chi connectivity index (χ3v) is 7.46. The smallest absolute Gasteiger partial charge is 0.233 e. The van der Waals surface area contributed by atoms with E-state index in [2.05, 4.69) is 10.8 Å². The van der Waals surface area contributed by atoms with Gasteiger partial charge >= 0.3 is 0 Å². The Balaban J connectivity index is 1.43. The molecule has 0 saturated carbocycles. The summed E-state index contributed by atoms with van der Waals surface area (Å²) in [4.78, 5) is 11.5. The van der Waals surface area contributed by atoms with E-state index >= 15 is 0 Å². The van der Waals surface area contributed by atoms with Crippen molar-refractivity contribution in [2.75, 3.05) is 0 Å². The number of carbonyl (C=O) groups excluding carboxylic acids is 1. The van der Waals surface area contributed by atoms with E-state index in [1.165, 1.54) is 11.1 Å². The summed E-state index contributed by atoms with van der Waals surface area (Å²) < 4.78 is 20.7. The normalized spacial score (nSPS) is 22.2. The number of aromatic hydroxyl groups is 1. The number of aryl methyl sites for hydroxylation is 1. The van der Waals surface area contributed by atoms with E-state index in [1.807, 2.05) is 49.4 Å². The molecule has 3 aromatic carbocycles. The summed E-state index contributed by atoms with van der Waals surface area (Å²) in [7, 11) is -1.50. The molecule has 2 aliphatic rings. The summed E-state index contributed by atoms with van der Waals surface area (Å²) in [5.74, 6) is 1.69. The van der Waals surface area contributed by atoms with E-state index in [0.717, 1.165) is 35.5 Å². The standard InChI is InChI=1S/C25H23NO4S/c1-15-4-2-5-17(12-15)30-23-7-3-6-19-18(10-11-20(19)23)16-8-9-21(22(27)13-16)24-14-25(28)26-31(24)29/h2-9,12-13,18,24,27H,10-11,14H2,1H3,(H,26,28)/t18-,24?,31?/m1/s1. The molecule has 1 saturated heterocycles. The number of rotatable bonds is 4. The Morgan fingerprint density at radius 1 is 1.06 bits per heavy atom. The Morgan fingerprint density at radius 3 is 2.65 bits per heavy atom. The van der Waals surface area contributed by atoms with Crippen LogP contribution in [0.3, 0.4) is 0 Å². The number of hydrogen-bond acceptors (Lipinski definition) is 4. The van der Waals surface area contributed by atoms with Crippen LogP contribution in [0.15, 0.2) is 60.7 Å². The number of amides is 1. The Bertz CT molecular complexity index is 1210. The Morgan fingerprint density at radius 2 is 1.90 bits per heavy atom. The zero-order valence-corrected chi connectivity index (χ0v) is 17.9. The van der Waals surface area contributed by atoms with Gasteiger partial charge in [0.25, 0.3) is 0 Å². The number of carbonyl (C=O) groups is 1. The van der Waals surface area contributed by atoms with Crippen molar-refractivity contribution < 1.29 is 18.8 Å². The van der Waals surface area contributed by atoms with Crippen LogP contribution in [0.5, 0.6) is 17.2 Å². The van der Waals surface area contributed by atoms with Gasteiger partial charge in [0.1, 0.15) is 28.2 Å². The van der Waals surface area contributed by atoms with Crippen LogP contribution < -0.4 is 9.46 Å². The molecule has 158 valence electrons. The SMILES string of the molecule is Cc1cccc(Oc2cccc3c2CC[C@@H]3c2ccc(C3CC(=O)NS3=O)c(O)c2)c1. The summed E-state index contributed by atoms with van der Waals surface area (Å²) in [5, 5.41) is 10.1. The van der Waals surface area contributed by atoms with Gasteiger partial charge < -0.3 is 9.84 Å². The Hall–Kier alpha value is -3.12. The van der Waals surface area contributed by atoms with Gasteiger partial charge in [-0.1, -0.05) is 36.4 Å². The maximum absolute atomic E-state index is 12.1. The molecule has 5 nitrogen and oxygen atoms in total. The molecule has 31 heavy (non-hydrogen) atoms. The molecule has 1 heterocycles. The molecule has 3 atom stereocenters. The minimum absolute atomic E-state index is 0.0907. The second-order valence-electron chi connectivity index (χ2n) is 8.17. The second-order valence-corrected chi connectivity index (χ2v) is 9.54. The zero-order chi connectivity index (χ0) is 21.5. The van der Waals surface area contributed by atoms with Crippen molar-refractivity contribution in [3.8, 4) is 17.2 Å². The average Bonchev–Trinajstić information content (AvgIpc) is 3.31. The van der Waals surface area contributed by atoms with E-state index < -0.39 is 16.2 Å². The van der Waals surface area contributed by atoms with Crippen LogP contribution in [-0.2, 0) is 22.2 Å². The van der Waals surface area contributed by atoms with Gasteiger partial charge in [0.2, 0.25) is 5.91 Å². The number of nitrogens with one attached hydrogen (secondary N) is 1. The minimum atomic E-state index is -1.50. The molecule has 2 unspecified atom stereocenters. The largest absolute Gasteiger partial charge is 0.508 e. The van der Waals surface area contributed by atoms with E-state index in [-0.39, 0.29) is 24.0 Å². The fraction of sp³-hybridized carbons (Fsp3) is 0.240. The lowest BCUT2D eigenvalue weighted by atomic mass is 9.91. The van der Waals surface area contributed by atoms with Crippen LogP contribution in [0.1, 0.15) is 51.8 Å². The van der Waals surface area contributed by atoms with Crippen molar-refractivity contribution in [2.45, 2.75) is 37.4 Å². The van der Waals surface area contributed by atoms with E-state index in [1.54, 1.807) is 12.1 Å². The van der Waals surface area contributed by atoms with Crippen molar-refractivity contribution in [3.63, 3.8) is 0 Å². The first-order chi connectivity index (χ1) is 15.0. The Labute approximate surface area is 183 Å². The van der Waals surface area contributed by atoms with E-state index in [0.29, 0.717) is 5.56 Å². The number of phenols is 1. The van der Waals surface area contributed by atoms with Crippen molar-refractivity contribution >= 4 is 16.9 Å². The molecule has 5 rings (SSSR count). The van der Waals surface area contributed by atoms with Gasteiger partial charge in [0, 0.05) is 17.9 Å². The molecule has 1 amide bonds. The third-order valence-electron chi connectivity index (χ3n) is 6.09. The highest BCUT2D eigenvalue weighted by molar-refractivity contribution is 7.84. The number of ether oxygens (including phenoxy) is 1. The van der Waals surface area contributed by atoms with Gasteiger partial charge in [0.05, 0.1) is 5.25 Å². The predicted molar refractivity (Wildman–Crippen MR) is 120 cm³/mol. The van der Waals surface area contributed by atoms with Crippen LogP contribution in [0.2, 0.25) is 0 Å². The zero-order valence-electron chi connectivity index (χ0n) is 17.1. The lowest BCUT2D eigenvalue weighted by Crippen LogP contribution is -2.15. The topological polar surface area (TPSA) is 75.6 Å². The lowest BCUT2D eigenvalue weighted by Gasteiger charge is -2.16. The second kappa shape index (κ2) is 7.85. The van der Waals surface area contributed by atoms with Gasteiger partial charge in [0.15, 0.2) is 0 Å². The molecule has 1 aliphatic carbocycles. The molecule has 1 aliphatic heterocycles. The number of phenolic OH excluding ortho intramolecular Hbond substituents is 1. The molecule has 1 fully saturated rings. The van der Waals surface area contributed by atoms with E-state index in [9.17, 15) is 14.1 Å². The van der Waals surface area contributed by atoms with Crippen molar-refractivity contribution in [1.82, 2.24) is 4.72 Å². The van der Waals surface area contributed by atoms with Crippen molar-refractivity contribution in [2.24, 2.45) is 0 Å². The van der Waals surface area contributed by atoms with Crippen LogP contribution in [0.25, 0.3) is 0 Å². The molecule has 0 aromatic heterocycles. The van der Waals surface area contributed by atoms with Gasteiger partial charge in [-0.2, -0.15) is 0 Å². The Kier molecular flexibility index (Phi) is 5.02. The minimum Gasteiger partial charge on any atom is -0.508 e. The quantitative estimate of drug-likeness (QED) is 0.620. The monoisotopic (exact) mass is 433 g/mol. The highest BCUT2D eigenvalue weighted by Crippen LogP contribution is 2.45. The predicted octanol–water partition coefficient (Wildman–Crippen LogP) is 4.80. The molecular weight excluding hydrogens is 410 g/mol. The summed E-state index contributed by atoms with van der Waals surface area (Å²) in [6.45, 7) is 2.04. The molecule has 0 radical (unpaired) electrons. The van der Waals surface area contributed by atoms with Crippen LogP contribution in [-0.4, -0.2) is 15.2 Å². The highest BCUT2D eigenvalue weighted by Gasteiger charge is 2.33. The number of fused-ring (bicyclic) bond motifs is 1. The van der Waals surface area contributed by atoms with Crippen LogP contribution in [0.4, 0.5) is 0 Å².